The molecule has 9 heteroatoms. The highest BCUT2D eigenvalue weighted by Gasteiger charge is 2.56. The largest absolute Gasteiger partial charge is 0.394 e. The van der Waals surface area contributed by atoms with E-state index in [0.717, 1.165) is 6.26 Å². The Balaban J connectivity index is 1.79. The molecule has 0 aromatic heterocycles. The first-order chi connectivity index (χ1) is 10.8. The fraction of sp³-hybridized carbons (Fsp3) is 0.929. The average molecular weight is 350 g/mol. The van der Waals surface area contributed by atoms with Gasteiger partial charge >= 0.3 is 0 Å². The third-order valence-corrected chi connectivity index (χ3v) is 5.63. The predicted molar refractivity (Wildman–Crippen MR) is 83.2 cm³/mol. The lowest BCUT2D eigenvalue weighted by Gasteiger charge is -2.56. The molecule has 1 amide bonds. The van der Waals surface area contributed by atoms with Gasteiger partial charge in [0.1, 0.15) is 0 Å². The van der Waals surface area contributed by atoms with Gasteiger partial charge in [0.15, 0.2) is 0 Å². The van der Waals surface area contributed by atoms with Gasteiger partial charge in [0.05, 0.1) is 31.7 Å². The summed E-state index contributed by atoms with van der Waals surface area (Å²) in [6.07, 6.45) is 2.61. The van der Waals surface area contributed by atoms with Crippen LogP contribution in [0.5, 0.6) is 0 Å². The van der Waals surface area contributed by atoms with E-state index in [-0.39, 0.29) is 43.6 Å². The number of nitrogens with one attached hydrogen (secondary N) is 1. The molecule has 8 nitrogen and oxygen atoms in total. The Morgan fingerprint density at radius 1 is 1.39 bits per heavy atom. The van der Waals surface area contributed by atoms with E-state index >= 15 is 0 Å². The highest BCUT2D eigenvalue weighted by molar-refractivity contribution is 7.88. The van der Waals surface area contributed by atoms with Crippen LogP contribution >= 0.6 is 0 Å². The fourth-order valence-corrected chi connectivity index (χ4v) is 3.96. The number of sulfonamides is 1. The van der Waals surface area contributed by atoms with Crippen LogP contribution in [0.4, 0.5) is 0 Å². The summed E-state index contributed by atoms with van der Waals surface area (Å²) in [4.78, 5) is 13.8. The average Bonchev–Trinajstić information content (AvgIpc) is 2.50. The topological polar surface area (TPSA) is 116 Å². The number of nitrogens with zero attached hydrogens (tertiary/aromatic N) is 1. The molecule has 0 unspecified atom stereocenters. The number of amides is 1. The van der Waals surface area contributed by atoms with Crippen molar-refractivity contribution >= 4 is 15.9 Å². The van der Waals surface area contributed by atoms with E-state index in [1.807, 2.05) is 0 Å². The molecule has 3 N–H and O–H groups in total. The van der Waals surface area contributed by atoms with Gasteiger partial charge in [0, 0.05) is 37.9 Å². The Bertz CT molecular complexity index is 515. The quantitative estimate of drug-likeness (QED) is 0.524. The molecule has 2 fully saturated rings. The van der Waals surface area contributed by atoms with Gasteiger partial charge in [-0.15, -0.1) is 0 Å². The van der Waals surface area contributed by atoms with E-state index in [2.05, 4.69) is 4.72 Å². The van der Waals surface area contributed by atoms with Gasteiger partial charge in [-0.1, -0.05) is 0 Å². The monoisotopic (exact) mass is 350 g/mol. The first-order valence-corrected chi connectivity index (χ1v) is 9.80. The van der Waals surface area contributed by atoms with Gasteiger partial charge in [0.25, 0.3) is 0 Å². The molecule has 0 aromatic carbocycles. The number of aliphatic hydroxyl groups is 2. The summed E-state index contributed by atoms with van der Waals surface area (Å²) in [5.41, 5.74) is -0.309. The van der Waals surface area contributed by atoms with Crippen molar-refractivity contribution < 1.29 is 28.2 Å². The molecule has 23 heavy (non-hydrogen) atoms. The summed E-state index contributed by atoms with van der Waals surface area (Å²) in [6, 6.07) is 0. The van der Waals surface area contributed by atoms with Gasteiger partial charge in [-0.3, -0.25) is 4.79 Å². The van der Waals surface area contributed by atoms with Gasteiger partial charge in [-0.25, -0.2) is 13.1 Å². The van der Waals surface area contributed by atoms with Crippen LogP contribution in [0.25, 0.3) is 0 Å². The number of piperidine rings is 1. The minimum Gasteiger partial charge on any atom is -0.394 e. The normalized spacial score (nSPS) is 27.0. The molecule has 0 radical (unpaired) electrons. The molecule has 1 heterocycles. The van der Waals surface area contributed by atoms with Gasteiger partial charge in [-0.2, -0.15) is 0 Å². The number of hydrogen-bond donors (Lipinski definition) is 3. The molecular weight excluding hydrogens is 324 g/mol. The van der Waals surface area contributed by atoms with Crippen molar-refractivity contribution in [3.8, 4) is 0 Å². The summed E-state index contributed by atoms with van der Waals surface area (Å²) >= 11 is 0. The van der Waals surface area contributed by atoms with Crippen molar-refractivity contribution in [2.24, 2.45) is 5.41 Å². The summed E-state index contributed by atoms with van der Waals surface area (Å²) in [5, 5.41) is 19.0. The van der Waals surface area contributed by atoms with Gasteiger partial charge < -0.3 is 19.8 Å². The van der Waals surface area contributed by atoms with Crippen molar-refractivity contribution in [3.63, 3.8) is 0 Å². The fourth-order valence-electron chi connectivity index (χ4n) is 3.48. The Hall–Kier alpha value is -0.740. The number of aliphatic hydroxyl groups excluding tert-OH is 2. The summed E-state index contributed by atoms with van der Waals surface area (Å²) < 4.78 is 29.9. The number of likely N-dealkylation sites (tertiary alicyclic amines) is 1. The van der Waals surface area contributed by atoms with Crippen LogP contribution in [0, 0.1) is 5.41 Å². The molecule has 134 valence electrons. The maximum Gasteiger partial charge on any atom is 0.223 e. The standard InChI is InChI=1S/C14H26N2O6S/c1-23(20,21)15-5-2-13(19)16-6-3-14(4-7-16)11(18)10-12(14)22-9-8-17/h11-12,15,17-18H,2-10H2,1H3/t11-,12+/m0/s1. The van der Waals surface area contributed by atoms with E-state index in [4.69, 9.17) is 9.84 Å². The third-order valence-electron chi connectivity index (χ3n) is 4.90. The summed E-state index contributed by atoms with van der Waals surface area (Å²) in [6.45, 7) is 1.39. The van der Waals surface area contributed by atoms with Gasteiger partial charge in [0.2, 0.25) is 15.9 Å². The molecule has 2 atom stereocenters. The Kier molecular flexibility index (Phi) is 6.01. The minimum atomic E-state index is -3.28. The van der Waals surface area contributed by atoms with E-state index in [9.17, 15) is 18.3 Å². The van der Waals surface area contributed by atoms with Crippen molar-refractivity contribution in [1.29, 1.82) is 0 Å². The first-order valence-electron chi connectivity index (χ1n) is 7.91. The lowest BCUT2D eigenvalue weighted by atomic mass is 9.58. The maximum absolute atomic E-state index is 12.1. The van der Waals surface area contributed by atoms with Crippen LogP contribution < -0.4 is 4.72 Å². The second-order valence-electron chi connectivity index (χ2n) is 6.36. The second-order valence-corrected chi connectivity index (χ2v) is 8.20. The SMILES string of the molecule is CS(=O)(=O)NCCC(=O)N1CCC2(CC1)[C@@H](O)C[C@H]2OCCO. The van der Waals surface area contributed by atoms with Crippen LogP contribution in [-0.4, -0.2) is 80.7 Å². The van der Waals surface area contributed by atoms with Crippen molar-refractivity contribution in [3.05, 3.63) is 0 Å². The molecule has 1 aliphatic carbocycles. The number of hydrogen-bond acceptors (Lipinski definition) is 6. The van der Waals surface area contributed by atoms with Crippen molar-refractivity contribution in [2.75, 3.05) is 39.1 Å². The number of carbonyl (C=O) groups excluding carboxylic acids is 1. The zero-order valence-electron chi connectivity index (χ0n) is 13.4. The van der Waals surface area contributed by atoms with Crippen molar-refractivity contribution in [2.45, 2.75) is 37.9 Å². The number of ether oxygens (including phenoxy) is 1. The third kappa shape index (κ3) is 4.42. The molecule has 1 saturated heterocycles. The molecule has 2 rings (SSSR count). The van der Waals surface area contributed by atoms with Crippen LogP contribution in [0.2, 0.25) is 0 Å². The highest BCUT2D eigenvalue weighted by atomic mass is 32.2. The number of rotatable bonds is 7. The van der Waals surface area contributed by atoms with E-state index in [0.29, 0.717) is 32.4 Å². The summed E-state index contributed by atoms with van der Waals surface area (Å²) in [5.74, 6) is -0.0855. The van der Waals surface area contributed by atoms with Crippen LogP contribution in [-0.2, 0) is 19.6 Å². The molecule has 0 bridgehead atoms. The number of carbonyl (C=O) groups is 1. The zero-order valence-corrected chi connectivity index (χ0v) is 14.2. The minimum absolute atomic E-state index is 0.0410. The van der Waals surface area contributed by atoms with Crippen LogP contribution in [0.15, 0.2) is 0 Å². The van der Waals surface area contributed by atoms with E-state index < -0.39 is 16.1 Å². The highest BCUT2D eigenvalue weighted by Crippen LogP contribution is 2.50. The lowest BCUT2D eigenvalue weighted by Crippen LogP contribution is -2.62. The first kappa shape index (κ1) is 18.6. The van der Waals surface area contributed by atoms with Gasteiger partial charge in [-0.05, 0) is 12.8 Å². The van der Waals surface area contributed by atoms with Crippen LogP contribution in [0.1, 0.15) is 25.7 Å². The Morgan fingerprint density at radius 2 is 2.04 bits per heavy atom. The lowest BCUT2D eigenvalue weighted by molar-refractivity contribution is -0.213. The second kappa shape index (κ2) is 7.43. The van der Waals surface area contributed by atoms with E-state index in [1.165, 1.54) is 0 Å². The predicted octanol–water partition coefficient (Wildman–Crippen LogP) is -1.32. The molecule has 1 spiro atoms. The Labute approximate surface area is 136 Å². The zero-order chi connectivity index (χ0) is 17.1. The molecule has 0 aromatic rings. The molecule has 1 saturated carbocycles. The van der Waals surface area contributed by atoms with Crippen molar-refractivity contribution in [1.82, 2.24) is 9.62 Å². The Morgan fingerprint density at radius 3 is 2.57 bits per heavy atom. The smallest absolute Gasteiger partial charge is 0.223 e. The summed E-state index contributed by atoms with van der Waals surface area (Å²) in [7, 11) is -3.28. The maximum atomic E-state index is 12.1. The van der Waals surface area contributed by atoms with Crippen LogP contribution in [0.3, 0.4) is 0 Å². The molecule has 1 aliphatic heterocycles. The molecular formula is C14H26N2O6S. The van der Waals surface area contributed by atoms with E-state index in [1.54, 1.807) is 4.90 Å². The molecule has 2 aliphatic rings.